The average Bonchev–Trinajstić information content (AvgIpc) is 2.45. The van der Waals surface area contributed by atoms with E-state index in [1.807, 2.05) is 36.4 Å². The van der Waals surface area contributed by atoms with Gasteiger partial charge < -0.3 is 5.32 Å². The van der Waals surface area contributed by atoms with E-state index in [9.17, 15) is 8.42 Å². The number of nitrogens with zero attached hydrogens (tertiary/aromatic N) is 1. The third-order valence-electron chi connectivity index (χ3n) is 3.07. The van der Waals surface area contributed by atoms with Gasteiger partial charge in [0.05, 0.1) is 10.8 Å². The molecule has 2 rings (SSSR count). The smallest absolute Gasteiger partial charge is 0.149 e. The molecular formula is C15H17ClN2O2S. The van der Waals surface area contributed by atoms with Gasteiger partial charge in [-0.3, -0.25) is 4.98 Å². The van der Waals surface area contributed by atoms with Gasteiger partial charge in [-0.25, -0.2) is 8.42 Å². The Morgan fingerprint density at radius 1 is 1.24 bits per heavy atom. The zero-order chi connectivity index (χ0) is 15.3. The largest absolute Gasteiger partial charge is 0.305 e. The van der Waals surface area contributed by atoms with Crippen LogP contribution in [-0.4, -0.2) is 25.4 Å². The predicted molar refractivity (Wildman–Crippen MR) is 85.0 cm³/mol. The Labute approximate surface area is 130 Å². The Bertz CT molecular complexity index is 690. The molecule has 0 saturated heterocycles. The molecule has 0 spiro atoms. The van der Waals surface area contributed by atoms with Crippen LogP contribution in [0.2, 0.25) is 5.02 Å². The van der Waals surface area contributed by atoms with E-state index >= 15 is 0 Å². The lowest BCUT2D eigenvalue weighted by Crippen LogP contribution is -2.27. The molecule has 1 atom stereocenters. The molecule has 0 amide bonds. The van der Waals surface area contributed by atoms with Crippen LogP contribution in [-0.2, 0) is 16.4 Å². The van der Waals surface area contributed by atoms with Crippen LogP contribution in [0.15, 0.2) is 48.8 Å². The molecule has 0 aliphatic rings. The van der Waals surface area contributed by atoms with Gasteiger partial charge in [0.2, 0.25) is 0 Å². The zero-order valence-electron chi connectivity index (χ0n) is 11.7. The van der Waals surface area contributed by atoms with Gasteiger partial charge in [0.15, 0.2) is 0 Å². The van der Waals surface area contributed by atoms with Gasteiger partial charge in [-0.1, -0.05) is 41.9 Å². The summed E-state index contributed by atoms with van der Waals surface area (Å²) in [5.74, 6) is 0.0414. The van der Waals surface area contributed by atoms with Crippen LogP contribution in [0.5, 0.6) is 0 Å². The van der Waals surface area contributed by atoms with Crippen molar-refractivity contribution >= 4 is 21.4 Å². The van der Waals surface area contributed by atoms with E-state index in [0.717, 1.165) is 11.1 Å². The molecule has 1 heterocycles. The van der Waals surface area contributed by atoms with Crippen molar-refractivity contribution in [2.24, 2.45) is 0 Å². The summed E-state index contributed by atoms with van der Waals surface area (Å²) in [7, 11) is -3.09. The molecule has 0 aliphatic carbocycles. The first-order valence-electron chi connectivity index (χ1n) is 6.50. The quantitative estimate of drug-likeness (QED) is 0.887. The third-order valence-corrected chi connectivity index (χ3v) is 4.35. The molecule has 0 aliphatic heterocycles. The van der Waals surface area contributed by atoms with Crippen molar-refractivity contribution in [2.75, 3.05) is 12.0 Å². The molecule has 0 fully saturated rings. The first-order valence-corrected chi connectivity index (χ1v) is 8.94. The van der Waals surface area contributed by atoms with Crippen LogP contribution < -0.4 is 5.32 Å². The van der Waals surface area contributed by atoms with E-state index in [2.05, 4.69) is 10.3 Å². The summed E-state index contributed by atoms with van der Waals surface area (Å²) in [6.07, 6.45) is 4.48. The number of nitrogens with one attached hydrogen (secondary N) is 1. The number of halogens is 1. The molecule has 4 nitrogen and oxygen atoms in total. The first-order chi connectivity index (χ1) is 9.96. The van der Waals surface area contributed by atoms with E-state index in [1.165, 1.54) is 6.26 Å². The van der Waals surface area contributed by atoms with Gasteiger partial charge in [-0.2, -0.15) is 0 Å². The van der Waals surface area contributed by atoms with Crippen molar-refractivity contribution in [2.45, 2.75) is 12.6 Å². The lowest BCUT2D eigenvalue weighted by Gasteiger charge is -2.18. The first kappa shape index (κ1) is 15.9. The maximum absolute atomic E-state index is 11.6. The molecular weight excluding hydrogens is 308 g/mol. The monoisotopic (exact) mass is 324 g/mol. The van der Waals surface area contributed by atoms with Crippen LogP contribution in [0.4, 0.5) is 0 Å². The predicted octanol–water partition coefficient (Wildman–Crippen LogP) is 2.61. The SMILES string of the molecule is CS(=O)(=O)C[C@H](NCc1ccncc1Cl)c1ccccc1. The molecule has 0 saturated carbocycles. The number of sulfone groups is 1. The highest BCUT2D eigenvalue weighted by atomic mass is 35.5. The lowest BCUT2D eigenvalue weighted by atomic mass is 10.1. The number of pyridine rings is 1. The molecule has 1 aromatic heterocycles. The van der Waals surface area contributed by atoms with Gasteiger partial charge in [0.25, 0.3) is 0 Å². The molecule has 21 heavy (non-hydrogen) atoms. The van der Waals surface area contributed by atoms with E-state index in [-0.39, 0.29) is 11.8 Å². The van der Waals surface area contributed by atoms with Crippen LogP contribution in [0.25, 0.3) is 0 Å². The lowest BCUT2D eigenvalue weighted by molar-refractivity contribution is 0.551. The number of aromatic nitrogens is 1. The molecule has 1 N–H and O–H groups in total. The highest BCUT2D eigenvalue weighted by molar-refractivity contribution is 7.90. The summed E-state index contributed by atoms with van der Waals surface area (Å²) in [6, 6.07) is 11.1. The number of rotatable bonds is 6. The fraction of sp³-hybridized carbons (Fsp3) is 0.267. The minimum absolute atomic E-state index is 0.0414. The van der Waals surface area contributed by atoms with E-state index in [1.54, 1.807) is 12.4 Å². The van der Waals surface area contributed by atoms with Crippen LogP contribution in [0, 0.1) is 0 Å². The van der Waals surface area contributed by atoms with Crippen LogP contribution in [0.3, 0.4) is 0 Å². The summed E-state index contributed by atoms with van der Waals surface area (Å²) in [5, 5.41) is 3.82. The minimum atomic E-state index is -3.09. The Morgan fingerprint density at radius 2 is 1.95 bits per heavy atom. The Kier molecular flexibility index (Phi) is 5.33. The summed E-state index contributed by atoms with van der Waals surface area (Å²) < 4.78 is 23.2. The summed E-state index contributed by atoms with van der Waals surface area (Å²) in [6.45, 7) is 0.483. The molecule has 0 bridgehead atoms. The topological polar surface area (TPSA) is 59.1 Å². The normalized spacial score (nSPS) is 13.0. The molecule has 2 aromatic rings. The number of benzene rings is 1. The maximum Gasteiger partial charge on any atom is 0.149 e. The van der Waals surface area contributed by atoms with Gasteiger partial charge in [0, 0.05) is 31.2 Å². The van der Waals surface area contributed by atoms with E-state index in [4.69, 9.17) is 11.6 Å². The fourth-order valence-corrected chi connectivity index (χ4v) is 3.14. The van der Waals surface area contributed by atoms with Gasteiger partial charge in [0.1, 0.15) is 9.84 Å². The molecule has 6 heteroatoms. The molecule has 112 valence electrons. The summed E-state index contributed by atoms with van der Waals surface area (Å²) in [5.41, 5.74) is 1.83. The van der Waals surface area contributed by atoms with Crippen molar-refractivity contribution in [1.82, 2.24) is 10.3 Å². The van der Waals surface area contributed by atoms with Crippen LogP contribution in [0.1, 0.15) is 17.2 Å². The average molecular weight is 325 g/mol. The standard InChI is InChI=1S/C15H17ClN2O2S/c1-21(19,20)11-15(12-5-3-2-4-6-12)18-9-13-7-8-17-10-14(13)16/h2-8,10,15,18H,9,11H2,1H3/t15-/m0/s1. The van der Waals surface area contributed by atoms with Crippen molar-refractivity contribution in [3.05, 3.63) is 64.9 Å². The van der Waals surface area contributed by atoms with Gasteiger partial charge in [-0.15, -0.1) is 0 Å². The minimum Gasteiger partial charge on any atom is -0.305 e. The van der Waals surface area contributed by atoms with Crippen molar-refractivity contribution in [3.63, 3.8) is 0 Å². The Hall–Kier alpha value is -1.43. The van der Waals surface area contributed by atoms with E-state index in [0.29, 0.717) is 11.6 Å². The summed E-state index contributed by atoms with van der Waals surface area (Å²) >= 11 is 6.07. The molecule has 0 radical (unpaired) electrons. The molecule has 1 aromatic carbocycles. The maximum atomic E-state index is 11.6. The van der Waals surface area contributed by atoms with Crippen LogP contribution >= 0.6 is 11.6 Å². The third kappa shape index (κ3) is 5.12. The second-order valence-electron chi connectivity index (χ2n) is 4.90. The van der Waals surface area contributed by atoms with E-state index < -0.39 is 9.84 Å². The second kappa shape index (κ2) is 7.02. The van der Waals surface area contributed by atoms with Gasteiger partial charge >= 0.3 is 0 Å². The highest BCUT2D eigenvalue weighted by Crippen LogP contribution is 2.18. The zero-order valence-corrected chi connectivity index (χ0v) is 13.2. The van der Waals surface area contributed by atoms with Gasteiger partial charge in [-0.05, 0) is 17.2 Å². The fourth-order valence-electron chi connectivity index (χ4n) is 2.04. The second-order valence-corrected chi connectivity index (χ2v) is 7.50. The van der Waals surface area contributed by atoms with Crippen molar-refractivity contribution in [1.29, 1.82) is 0 Å². The number of hydrogen-bond donors (Lipinski definition) is 1. The molecule has 0 unspecified atom stereocenters. The van der Waals surface area contributed by atoms with Crippen molar-refractivity contribution < 1.29 is 8.42 Å². The Morgan fingerprint density at radius 3 is 2.57 bits per heavy atom. The highest BCUT2D eigenvalue weighted by Gasteiger charge is 2.17. The summed E-state index contributed by atoms with van der Waals surface area (Å²) in [4.78, 5) is 3.93. The van der Waals surface area contributed by atoms with Crippen molar-refractivity contribution in [3.8, 4) is 0 Å². The number of hydrogen-bond acceptors (Lipinski definition) is 4. The Balaban J connectivity index is 2.15.